The molecule has 4 aromatic rings. The quantitative estimate of drug-likeness (QED) is 0.223. The zero-order chi connectivity index (χ0) is 23.3. The van der Waals surface area contributed by atoms with Gasteiger partial charge >= 0.3 is 12.3 Å². The summed E-state index contributed by atoms with van der Waals surface area (Å²) < 4.78 is 11.6. The van der Waals surface area contributed by atoms with Crippen LogP contribution in [-0.4, -0.2) is 28.1 Å². The molecule has 0 fully saturated rings. The molecule has 1 aromatic heterocycles. The van der Waals surface area contributed by atoms with Crippen LogP contribution < -0.4 is 4.74 Å². The standard InChI is InChI=1S/C27H23NO4S2/c29-26(30)27(31-23-13-7-12-21-20(23)14-15-24-25(21)28-17-33-24)32-34-16-22(18-8-3-1-4-9-18)19-10-5-2-6-11-19/h1-13,17,22,27H,14-16H2,(H,29,30). The third-order valence-electron chi connectivity index (χ3n) is 5.86. The first-order chi connectivity index (χ1) is 16.7. The molecule has 3 aromatic carbocycles. The molecule has 1 N–H and O–H groups in total. The van der Waals surface area contributed by atoms with Gasteiger partial charge in [-0.25, -0.2) is 9.78 Å². The van der Waals surface area contributed by atoms with E-state index in [9.17, 15) is 9.90 Å². The van der Waals surface area contributed by atoms with Gasteiger partial charge in [0.1, 0.15) is 5.75 Å². The lowest BCUT2D eigenvalue weighted by molar-refractivity contribution is -0.157. The Morgan fingerprint density at radius 1 is 0.971 bits per heavy atom. The second-order valence-electron chi connectivity index (χ2n) is 7.95. The van der Waals surface area contributed by atoms with E-state index in [1.165, 1.54) is 4.88 Å². The molecule has 34 heavy (non-hydrogen) atoms. The van der Waals surface area contributed by atoms with Gasteiger partial charge in [0.05, 0.1) is 11.2 Å². The fourth-order valence-electron chi connectivity index (χ4n) is 4.21. The number of carboxylic acids is 1. The average Bonchev–Trinajstić information content (AvgIpc) is 3.36. The molecule has 0 aliphatic heterocycles. The number of nitrogens with zero attached hydrogens (tertiary/aromatic N) is 1. The molecule has 1 heterocycles. The van der Waals surface area contributed by atoms with Gasteiger partial charge in [-0.2, -0.15) is 0 Å². The fraction of sp³-hybridized carbons (Fsp3) is 0.185. The summed E-state index contributed by atoms with van der Waals surface area (Å²) in [7, 11) is 0. The topological polar surface area (TPSA) is 68.7 Å². The monoisotopic (exact) mass is 489 g/mol. The predicted molar refractivity (Wildman–Crippen MR) is 135 cm³/mol. The number of ether oxygens (including phenoxy) is 1. The summed E-state index contributed by atoms with van der Waals surface area (Å²) in [4.78, 5) is 17.7. The first-order valence-corrected chi connectivity index (χ1v) is 12.8. The summed E-state index contributed by atoms with van der Waals surface area (Å²) in [5.41, 5.74) is 7.09. The fourth-order valence-corrected chi connectivity index (χ4v) is 5.84. The van der Waals surface area contributed by atoms with Crippen LogP contribution in [0.5, 0.6) is 5.75 Å². The third kappa shape index (κ3) is 4.87. The van der Waals surface area contributed by atoms with Gasteiger partial charge in [0.15, 0.2) is 0 Å². The number of rotatable bonds is 9. The molecule has 0 saturated carbocycles. The predicted octanol–water partition coefficient (Wildman–Crippen LogP) is 6.20. The summed E-state index contributed by atoms with van der Waals surface area (Å²) in [5, 5.41) is 9.79. The highest BCUT2D eigenvalue weighted by atomic mass is 32.2. The van der Waals surface area contributed by atoms with Crippen LogP contribution in [0, 0.1) is 0 Å². The number of hydrogen-bond donors (Lipinski definition) is 1. The van der Waals surface area contributed by atoms with Crippen LogP contribution in [0.1, 0.15) is 27.5 Å². The minimum Gasteiger partial charge on any atom is -0.477 e. The maximum atomic E-state index is 12.0. The van der Waals surface area contributed by atoms with Gasteiger partial charge in [-0.1, -0.05) is 72.8 Å². The highest BCUT2D eigenvalue weighted by Crippen LogP contribution is 2.39. The number of benzene rings is 3. The number of thiazole rings is 1. The van der Waals surface area contributed by atoms with Crippen LogP contribution in [-0.2, 0) is 21.8 Å². The third-order valence-corrected chi connectivity index (χ3v) is 7.53. The molecule has 1 aliphatic rings. The molecule has 172 valence electrons. The van der Waals surface area contributed by atoms with Crippen molar-refractivity contribution in [2.75, 3.05) is 5.75 Å². The van der Waals surface area contributed by atoms with Gasteiger partial charge < -0.3 is 9.84 Å². The normalized spacial score (nSPS) is 13.2. The van der Waals surface area contributed by atoms with Crippen molar-refractivity contribution < 1.29 is 18.8 Å². The van der Waals surface area contributed by atoms with Crippen molar-refractivity contribution in [3.05, 3.63) is 106 Å². The maximum Gasteiger partial charge on any atom is 0.374 e. The molecule has 7 heteroatoms. The Balaban J connectivity index is 1.31. The Kier molecular flexibility index (Phi) is 6.94. The first kappa shape index (κ1) is 22.7. The molecule has 5 rings (SSSR count). The molecule has 0 radical (unpaired) electrons. The molecule has 0 amide bonds. The van der Waals surface area contributed by atoms with Gasteiger partial charge in [0.25, 0.3) is 0 Å². The van der Waals surface area contributed by atoms with Crippen LogP contribution in [0.3, 0.4) is 0 Å². The summed E-state index contributed by atoms with van der Waals surface area (Å²) >= 11 is 2.77. The summed E-state index contributed by atoms with van der Waals surface area (Å²) in [6.07, 6.45) is 0.237. The Hall–Kier alpha value is -3.13. The molecule has 1 unspecified atom stereocenters. The molecular weight excluding hydrogens is 466 g/mol. The van der Waals surface area contributed by atoms with Crippen molar-refractivity contribution in [2.24, 2.45) is 0 Å². The van der Waals surface area contributed by atoms with E-state index in [-0.39, 0.29) is 5.92 Å². The number of carbonyl (C=O) groups is 1. The second kappa shape index (κ2) is 10.4. The van der Waals surface area contributed by atoms with Crippen molar-refractivity contribution in [3.63, 3.8) is 0 Å². The maximum absolute atomic E-state index is 12.0. The van der Waals surface area contributed by atoms with Crippen molar-refractivity contribution in [1.82, 2.24) is 4.98 Å². The zero-order valence-corrected chi connectivity index (χ0v) is 19.9. The van der Waals surface area contributed by atoms with Crippen molar-refractivity contribution in [1.29, 1.82) is 0 Å². The number of aromatic nitrogens is 1. The highest BCUT2D eigenvalue weighted by Gasteiger charge is 2.27. The number of hydrogen-bond acceptors (Lipinski definition) is 6. The largest absolute Gasteiger partial charge is 0.477 e. The lowest BCUT2D eigenvalue weighted by atomic mass is 9.93. The average molecular weight is 490 g/mol. The molecule has 1 atom stereocenters. The minimum atomic E-state index is -1.42. The van der Waals surface area contributed by atoms with E-state index in [4.69, 9.17) is 8.92 Å². The molecule has 5 nitrogen and oxygen atoms in total. The molecule has 0 saturated heterocycles. The Morgan fingerprint density at radius 2 is 1.68 bits per heavy atom. The Morgan fingerprint density at radius 3 is 2.35 bits per heavy atom. The van der Waals surface area contributed by atoms with Crippen molar-refractivity contribution >= 4 is 29.3 Å². The van der Waals surface area contributed by atoms with E-state index < -0.39 is 12.3 Å². The lowest BCUT2D eigenvalue weighted by Gasteiger charge is -2.22. The van der Waals surface area contributed by atoms with Gasteiger partial charge in [-0.05, 0) is 42.1 Å². The minimum absolute atomic E-state index is 0.0643. The zero-order valence-electron chi connectivity index (χ0n) is 18.3. The number of carboxylic acid groups (broad SMARTS) is 1. The van der Waals surface area contributed by atoms with E-state index in [1.54, 1.807) is 17.4 Å². The number of aryl methyl sites for hydroxylation is 1. The summed E-state index contributed by atoms with van der Waals surface area (Å²) in [6, 6.07) is 26.0. The number of fused-ring (bicyclic) bond motifs is 3. The van der Waals surface area contributed by atoms with Crippen LogP contribution in [0.25, 0.3) is 11.3 Å². The number of aliphatic carboxylic acids is 1. The van der Waals surface area contributed by atoms with E-state index in [2.05, 4.69) is 29.2 Å². The van der Waals surface area contributed by atoms with Gasteiger partial charge in [-0.3, -0.25) is 4.18 Å². The molecule has 0 spiro atoms. The highest BCUT2D eigenvalue weighted by molar-refractivity contribution is 7.94. The van der Waals surface area contributed by atoms with Crippen LogP contribution in [0.2, 0.25) is 0 Å². The smallest absolute Gasteiger partial charge is 0.374 e. The van der Waals surface area contributed by atoms with E-state index in [0.717, 1.165) is 52.8 Å². The van der Waals surface area contributed by atoms with E-state index in [1.807, 2.05) is 54.0 Å². The summed E-state index contributed by atoms with van der Waals surface area (Å²) in [6.45, 7) is 0. The summed E-state index contributed by atoms with van der Waals surface area (Å²) in [5.74, 6) is -0.0107. The first-order valence-electron chi connectivity index (χ1n) is 11.0. The molecule has 0 bridgehead atoms. The lowest BCUT2D eigenvalue weighted by Crippen LogP contribution is -2.29. The van der Waals surface area contributed by atoms with Crippen molar-refractivity contribution in [3.8, 4) is 17.0 Å². The van der Waals surface area contributed by atoms with Crippen LogP contribution in [0.15, 0.2) is 84.4 Å². The van der Waals surface area contributed by atoms with Crippen LogP contribution >= 0.6 is 23.4 Å². The van der Waals surface area contributed by atoms with Crippen LogP contribution in [0.4, 0.5) is 0 Å². The van der Waals surface area contributed by atoms with Gasteiger partial charge in [0, 0.05) is 27.7 Å². The van der Waals surface area contributed by atoms with E-state index in [0.29, 0.717) is 11.5 Å². The Labute approximate surface area is 206 Å². The SMILES string of the molecule is O=C(O)C(OSCC(c1ccccc1)c1ccccc1)Oc1cccc2c1CCc1scnc1-2. The molecular formula is C27H23NO4S2. The second-order valence-corrected chi connectivity index (χ2v) is 9.65. The Bertz CT molecular complexity index is 1220. The van der Waals surface area contributed by atoms with Crippen molar-refractivity contribution in [2.45, 2.75) is 25.0 Å². The van der Waals surface area contributed by atoms with E-state index >= 15 is 0 Å². The van der Waals surface area contributed by atoms with Gasteiger partial charge in [0.2, 0.25) is 0 Å². The molecule has 1 aliphatic carbocycles. The van der Waals surface area contributed by atoms with Gasteiger partial charge in [-0.15, -0.1) is 11.3 Å².